The SMILES string of the molecule is CC(C)c1cc(Br)ccc1Oc1ccncc1CN. The molecule has 4 heteroatoms. The van der Waals surface area contributed by atoms with Crippen LogP contribution in [0.2, 0.25) is 0 Å². The molecule has 0 radical (unpaired) electrons. The Kier molecular flexibility index (Phi) is 4.56. The van der Waals surface area contributed by atoms with E-state index in [0.717, 1.165) is 27.1 Å². The van der Waals surface area contributed by atoms with Crippen molar-refractivity contribution >= 4 is 15.9 Å². The Bertz CT molecular complexity index is 570. The highest BCUT2D eigenvalue weighted by molar-refractivity contribution is 9.10. The van der Waals surface area contributed by atoms with Crippen molar-refractivity contribution in [3.05, 3.63) is 52.3 Å². The fourth-order valence-corrected chi connectivity index (χ4v) is 2.23. The molecule has 0 spiro atoms. The van der Waals surface area contributed by atoms with E-state index in [1.165, 1.54) is 0 Å². The monoisotopic (exact) mass is 320 g/mol. The average molecular weight is 321 g/mol. The van der Waals surface area contributed by atoms with E-state index in [4.69, 9.17) is 10.5 Å². The number of hydrogen-bond acceptors (Lipinski definition) is 3. The van der Waals surface area contributed by atoms with Gasteiger partial charge in [0.15, 0.2) is 0 Å². The summed E-state index contributed by atoms with van der Waals surface area (Å²) in [6.45, 7) is 4.70. The molecular formula is C15H17BrN2O. The second-order valence-electron chi connectivity index (χ2n) is 4.63. The molecule has 0 atom stereocenters. The topological polar surface area (TPSA) is 48.1 Å². The molecule has 0 aliphatic carbocycles. The van der Waals surface area contributed by atoms with Gasteiger partial charge in [0, 0.05) is 29.0 Å². The number of ether oxygens (including phenoxy) is 1. The molecule has 0 saturated carbocycles. The van der Waals surface area contributed by atoms with Crippen LogP contribution < -0.4 is 10.5 Å². The summed E-state index contributed by atoms with van der Waals surface area (Å²) >= 11 is 3.49. The third-order valence-corrected chi connectivity index (χ3v) is 3.39. The molecule has 2 N–H and O–H groups in total. The Labute approximate surface area is 121 Å². The van der Waals surface area contributed by atoms with Gasteiger partial charge in [0.1, 0.15) is 11.5 Å². The predicted molar refractivity (Wildman–Crippen MR) is 80.4 cm³/mol. The molecule has 2 aromatic rings. The summed E-state index contributed by atoms with van der Waals surface area (Å²) in [7, 11) is 0. The fraction of sp³-hybridized carbons (Fsp3) is 0.267. The highest BCUT2D eigenvalue weighted by atomic mass is 79.9. The molecule has 0 bridgehead atoms. The summed E-state index contributed by atoms with van der Waals surface area (Å²) in [5.74, 6) is 2.01. The molecule has 0 unspecified atom stereocenters. The maximum Gasteiger partial charge on any atom is 0.135 e. The van der Waals surface area contributed by atoms with Crippen molar-refractivity contribution in [1.29, 1.82) is 0 Å². The Hall–Kier alpha value is -1.39. The third-order valence-electron chi connectivity index (χ3n) is 2.89. The first-order valence-corrected chi connectivity index (χ1v) is 7.01. The van der Waals surface area contributed by atoms with Crippen LogP contribution in [0.4, 0.5) is 0 Å². The normalized spacial score (nSPS) is 10.8. The lowest BCUT2D eigenvalue weighted by Gasteiger charge is -2.15. The highest BCUT2D eigenvalue weighted by Gasteiger charge is 2.11. The minimum atomic E-state index is 0.385. The number of nitrogens with two attached hydrogens (primary N) is 1. The van der Waals surface area contributed by atoms with Crippen molar-refractivity contribution in [2.45, 2.75) is 26.3 Å². The molecule has 3 nitrogen and oxygen atoms in total. The Morgan fingerprint density at radius 2 is 2.05 bits per heavy atom. The first-order chi connectivity index (χ1) is 9.11. The van der Waals surface area contributed by atoms with Crippen LogP contribution in [-0.2, 0) is 6.54 Å². The number of nitrogens with zero attached hydrogens (tertiary/aromatic N) is 1. The van der Waals surface area contributed by atoms with Crippen molar-refractivity contribution < 1.29 is 4.74 Å². The van der Waals surface area contributed by atoms with Gasteiger partial charge < -0.3 is 10.5 Å². The maximum atomic E-state index is 6.01. The second kappa shape index (κ2) is 6.17. The summed E-state index contributed by atoms with van der Waals surface area (Å²) in [4.78, 5) is 4.06. The molecule has 0 amide bonds. The molecule has 1 heterocycles. The van der Waals surface area contributed by atoms with Gasteiger partial charge in [0.2, 0.25) is 0 Å². The van der Waals surface area contributed by atoms with Gasteiger partial charge in [-0.3, -0.25) is 4.98 Å². The minimum absolute atomic E-state index is 0.385. The van der Waals surface area contributed by atoms with Crippen LogP contribution in [0, 0.1) is 0 Å². The maximum absolute atomic E-state index is 6.01. The molecule has 1 aromatic carbocycles. The predicted octanol–water partition coefficient (Wildman–Crippen LogP) is 4.22. The Morgan fingerprint density at radius 1 is 1.26 bits per heavy atom. The Balaban J connectivity index is 2.38. The van der Waals surface area contributed by atoms with Crippen molar-refractivity contribution in [2.24, 2.45) is 5.73 Å². The minimum Gasteiger partial charge on any atom is -0.457 e. The quantitative estimate of drug-likeness (QED) is 0.917. The number of rotatable bonds is 4. The number of pyridine rings is 1. The number of halogens is 1. The van der Waals surface area contributed by atoms with Gasteiger partial charge in [-0.25, -0.2) is 0 Å². The third kappa shape index (κ3) is 3.33. The lowest BCUT2D eigenvalue weighted by molar-refractivity contribution is 0.466. The number of aromatic nitrogens is 1. The van der Waals surface area contributed by atoms with Crippen LogP contribution in [0.15, 0.2) is 41.1 Å². The van der Waals surface area contributed by atoms with E-state index in [0.29, 0.717) is 12.5 Å². The van der Waals surface area contributed by atoms with Crippen molar-refractivity contribution in [1.82, 2.24) is 4.98 Å². The first kappa shape index (κ1) is 14.0. The number of benzene rings is 1. The van der Waals surface area contributed by atoms with E-state index in [2.05, 4.69) is 40.8 Å². The molecule has 0 aliphatic heterocycles. The smallest absolute Gasteiger partial charge is 0.135 e. The van der Waals surface area contributed by atoms with Gasteiger partial charge in [-0.05, 0) is 35.7 Å². The van der Waals surface area contributed by atoms with E-state index in [9.17, 15) is 0 Å². The standard InChI is InChI=1S/C15H17BrN2O/c1-10(2)13-7-12(16)3-4-15(13)19-14-5-6-18-9-11(14)8-17/h3-7,9-10H,8,17H2,1-2H3. The lowest BCUT2D eigenvalue weighted by atomic mass is 10.0. The van der Waals surface area contributed by atoms with E-state index in [1.54, 1.807) is 12.4 Å². The van der Waals surface area contributed by atoms with Crippen LogP contribution in [0.5, 0.6) is 11.5 Å². The Morgan fingerprint density at radius 3 is 2.74 bits per heavy atom. The zero-order valence-electron chi connectivity index (χ0n) is 11.1. The van der Waals surface area contributed by atoms with E-state index in [-0.39, 0.29) is 0 Å². The molecule has 19 heavy (non-hydrogen) atoms. The largest absolute Gasteiger partial charge is 0.457 e. The van der Waals surface area contributed by atoms with E-state index in [1.807, 2.05) is 18.2 Å². The van der Waals surface area contributed by atoms with Gasteiger partial charge in [-0.1, -0.05) is 29.8 Å². The molecule has 1 aromatic heterocycles. The van der Waals surface area contributed by atoms with Gasteiger partial charge in [0.25, 0.3) is 0 Å². The van der Waals surface area contributed by atoms with Crippen LogP contribution in [0.1, 0.15) is 30.9 Å². The fourth-order valence-electron chi connectivity index (χ4n) is 1.85. The summed E-state index contributed by atoms with van der Waals surface area (Å²) < 4.78 is 7.06. The van der Waals surface area contributed by atoms with Crippen LogP contribution in [0.25, 0.3) is 0 Å². The molecule has 0 fully saturated rings. The van der Waals surface area contributed by atoms with Crippen molar-refractivity contribution in [3.63, 3.8) is 0 Å². The second-order valence-corrected chi connectivity index (χ2v) is 5.54. The molecule has 0 aliphatic rings. The first-order valence-electron chi connectivity index (χ1n) is 6.22. The molecular weight excluding hydrogens is 304 g/mol. The molecule has 100 valence electrons. The average Bonchev–Trinajstić information content (AvgIpc) is 2.41. The summed E-state index contributed by atoms with van der Waals surface area (Å²) in [5.41, 5.74) is 7.76. The van der Waals surface area contributed by atoms with Gasteiger partial charge >= 0.3 is 0 Å². The van der Waals surface area contributed by atoms with Crippen molar-refractivity contribution in [3.8, 4) is 11.5 Å². The van der Waals surface area contributed by atoms with E-state index < -0.39 is 0 Å². The van der Waals surface area contributed by atoms with Crippen LogP contribution in [-0.4, -0.2) is 4.98 Å². The molecule has 2 rings (SSSR count). The molecule has 0 saturated heterocycles. The lowest BCUT2D eigenvalue weighted by Crippen LogP contribution is -2.01. The van der Waals surface area contributed by atoms with Crippen LogP contribution >= 0.6 is 15.9 Å². The zero-order valence-corrected chi connectivity index (χ0v) is 12.6. The summed E-state index contributed by atoms with van der Waals surface area (Å²) in [6, 6.07) is 7.88. The van der Waals surface area contributed by atoms with Gasteiger partial charge in [-0.2, -0.15) is 0 Å². The highest BCUT2D eigenvalue weighted by Crippen LogP contribution is 2.33. The van der Waals surface area contributed by atoms with Gasteiger partial charge in [-0.15, -0.1) is 0 Å². The van der Waals surface area contributed by atoms with Crippen molar-refractivity contribution in [2.75, 3.05) is 0 Å². The van der Waals surface area contributed by atoms with Gasteiger partial charge in [0.05, 0.1) is 0 Å². The van der Waals surface area contributed by atoms with Crippen LogP contribution in [0.3, 0.4) is 0 Å². The summed E-state index contributed by atoms with van der Waals surface area (Å²) in [5, 5.41) is 0. The zero-order chi connectivity index (χ0) is 13.8. The summed E-state index contributed by atoms with van der Waals surface area (Å²) in [6.07, 6.45) is 3.45. The van der Waals surface area contributed by atoms with E-state index >= 15 is 0 Å². The number of hydrogen-bond donors (Lipinski definition) is 1.